The molecule has 2 nitrogen and oxygen atoms in total. The second kappa shape index (κ2) is 8.80. The molecule has 140 valence electrons. The highest BCUT2D eigenvalue weighted by atomic mass is 28.4. The fourth-order valence-electron chi connectivity index (χ4n) is 2.64. The summed E-state index contributed by atoms with van der Waals surface area (Å²) in [6.07, 6.45) is 4.05. The molecule has 0 aliphatic carbocycles. The number of hydrogen-bond donors (Lipinski definition) is 1. The molecule has 0 amide bonds. The van der Waals surface area contributed by atoms with Crippen molar-refractivity contribution in [3.8, 4) is 0 Å². The Morgan fingerprint density at radius 1 is 0.962 bits per heavy atom. The predicted molar refractivity (Wildman–Crippen MR) is 114 cm³/mol. The minimum absolute atomic E-state index is 0.0580. The normalized spacial score (nSPS) is 15.2. The first kappa shape index (κ1) is 20.6. The van der Waals surface area contributed by atoms with Gasteiger partial charge in [-0.3, -0.25) is 0 Å². The Kier molecular flexibility index (Phi) is 6.99. The van der Waals surface area contributed by atoms with Crippen LogP contribution in [0.5, 0.6) is 0 Å². The van der Waals surface area contributed by atoms with Crippen molar-refractivity contribution < 1.29 is 9.53 Å². The van der Waals surface area contributed by atoms with Crippen molar-refractivity contribution in [2.24, 2.45) is 0 Å². The maximum Gasteiger partial charge on any atom is 0.192 e. The van der Waals surface area contributed by atoms with Crippen LogP contribution in [0.2, 0.25) is 18.1 Å². The van der Waals surface area contributed by atoms with Crippen molar-refractivity contribution in [2.45, 2.75) is 50.9 Å². The molecule has 3 heteroatoms. The SMILES string of the molecule is CC(C)(C)[Si](C)(C)O[C@H](/C=C/c1ccccc1)[C@H](CO)c1ccccc1. The van der Waals surface area contributed by atoms with Crippen molar-refractivity contribution in [1.29, 1.82) is 0 Å². The minimum Gasteiger partial charge on any atom is -0.410 e. The fourth-order valence-corrected chi connectivity index (χ4v) is 3.92. The van der Waals surface area contributed by atoms with Crippen LogP contribution < -0.4 is 0 Å². The summed E-state index contributed by atoms with van der Waals surface area (Å²) in [5, 5.41) is 10.3. The molecule has 0 heterocycles. The van der Waals surface area contributed by atoms with Gasteiger partial charge in [-0.1, -0.05) is 93.6 Å². The zero-order chi connectivity index (χ0) is 19.2. The van der Waals surface area contributed by atoms with E-state index in [9.17, 15) is 5.11 Å². The average molecular weight is 369 g/mol. The largest absolute Gasteiger partial charge is 0.410 e. The van der Waals surface area contributed by atoms with E-state index in [0.717, 1.165) is 11.1 Å². The molecule has 2 aromatic rings. The summed E-state index contributed by atoms with van der Waals surface area (Å²) >= 11 is 0. The molecule has 2 aromatic carbocycles. The zero-order valence-corrected chi connectivity index (χ0v) is 17.6. The maximum atomic E-state index is 10.1. The van der Waals surface area contributed by atoms with E-state index in [-0.39, 0.29) is 23.7 Å². The zero-order valence-electron chi connectivity index (χ0n) is 16.6. The summed E-state index contributed by atoms with van der Waals surface area (Å²) in [6, 6.07) is 20.4. The molecule has 0 bridgehead atoms. The lowest BCUT2D eigenvalue weighted by Gasteiger charge is -2.40. The summed E-state index contributed by atoms with van der Waals surface area (Å²) < 4.78 is 6.72. The molecule has 0 aliphatic heterocycles. The molecule has 0 radical (unpaired) electrons. The van der Waals surface area contributed by atoms with Crippen molar-refractivity contribution in [1.82, 2.24) is 0 Å². The van der Waals surface area contributed by atoms with Gasteiger partial charge in [0, 0.05) is 5.92 Å². The van der Waals surface area contributed by atoms with Crippen LogP contribution in [-0.2, 0) is 4.43 Å². The Morgan fingerprint density at radius 3 is 2.00 bits per heavy atom. The van der Waals surface area contributed by atoms with Gasteiger partial charge >= 0.3 is 0 Å². The van der Waals surface area contributed by atoms with Crippen LogP contribution in [-0.4, -0.2) is 26.1 Å². The molecule has 0 aliphatic rings. The summed E-state index contributed by atoms with van der Waals surface area (Å²) in [4.78, 5) is 0. The summed E-state index contributed by atoms with van der Waals surface area (Å²) in [7, 11) is -1.98. The number of hydrogen-bond acceptors (Lipinski definition) is 2. The first-order valence-electron chi connectivity index (χ1n) is 9.31. The van der Waals surface area contributed by atoms with Crippen LogP contribution in [0.25, 0.3) is 6.08 Å². The monoisotopic (exact) mass is 368 g/mol. The second-order valence-corrected chi connectivity index (χ2v) is 13.1. The van der Waals surface area contributed by atoms with Crippen LogP contribution in [0.3, 0.4) is 0 Å². The van der Waals surface area contributed by atoms with Gasteiger partial charge in [-0.2, -0.15) is 0 Å². The van der Waals surface area contributed by atoms with Crippen molar-refractivity contribution in [2.75, 3.05) is 6.61 Å². The molecule has 1 N–H and O–H groups in total. The maximum absolute atomic E-state index is 10.1. The Labute approximate surface area is 159 Å². The first-order valence-corrected chi connectivity index (χ1v) is 12.2. The van der Waals surface area contributed by atoms with Gasteiger partial charge in [0.05, 0.1) is 12.7 Å². The van der Waals surface area contributed by atoms with Gasteiger partial charge < -0.3 is 9.53 Å². The lowest BCUT2D eigenvalue weighted by Crippen LogP contribution is -2.45. The molecule has 2 atom stereocenters. The molecule has 0 aromatic heterocycles. The van der Waals surface area contributed by atoms with Gasteiger partial charge in [0.2, 0.25) is 0 Å². The van der Waals surface area contributed by atoms with Crippen LogP contribution in [0.1, 0.15) is 37.8 Å². The van der Waals surface area contributed by atoms with Gasteiger partial charge in [-0.05, 0) is 29.3 Å². The van der Waals surface area contributed by atoms with Crippen molar-refractivity contribution >= 4 is 14.4 Å². The molecule has 0 unspecified atom stereocenters. The van der Waals surface area contributed by atoms with E-state index in [0.29, 0.717) is 0 Å². The topological polar surface area (TPSA) is 29.5 Å². The van der Waals surface area contributed by atoms with Gasteiger partial charge in [0.15, 0.2) is 8.32 Å². The van der Waals surface area contributed by atoms with Crippen molar-refractivity contribution in [3.63, 3.8) is 0 Å². The molecule has 26 heavy (non-hydrogen) atoms. The second-order valence-electron chi connectivity index (χ2n) is 8.31. The van der Waals surface area contributed by atoms with E-state index in [4.69, 9.17) is 4.43 Å². The summed E-state index contributed by atoms with van der Waals surface area (Å²) in [5.41, 5.74) is 2.25. The number of aliphatic hydroxyl groups excluding tert-OH is 1. The van der Waals surface area contributed by atoms with Gasteiger partial charge in [0.1, 0.15) is 0 Å². The average Bonchev–Trinajstić information content (AvgIpc) is 2.61. The number of aliphatic hydroxyl groups is 1. The smallest absolute Gasteiger partial charge is 0.192 e. The summed E-state index contributed by atoms with van der Waals surface area (Å²) in [6.45, 7) is 11.3. The Balaban J connectivity index is 2.35. The molecule has 2 rings (SSSR count). The quantitative estimate of drug-likeness (QED) is 0.620. The van der Waals surface area contributed by atoms with Gasteiger partial charge in [-0.15, -0.1) is 0 Å². The van der Waals surface area contributed by atoms with Crippen LogP contribution >= 0.6 is 0 Å². The molecular formula is C23H32O2Si. The third kappa shape index (κ3) is 5.40. The van der Waals surface area contributed by atoms with Crippen LogP contribution in [0, 0.1) is 0 Å². The van der Waals surface area contributed by atoms with E-state index < -0.39 is 8.32 Å². The Morgan fingerprint density at radius 2 is 1.50 bits per heavy atom. The molecule has 0 saturated heterocycles. The van der Waals surface area contributed by atoms with Crippen LogP contribution in [0.4, 0.5) is 0 Å². The first-order chi connectivity index (χ1) is 12.2. The molecule has 0 spiro atoms. The Hall–Kier alpha value is -1.68. The highest BCUT2D eigenvalue weighted by Gasteiger charge is 2.40. The predicted octanol–water partition coefficient (Wildman–Crippen LogP) is 5.87. The highest BCUT2D eigenvalue weighted by Crippen LogP contribution is 2.39. The number of rotatable bonds is 7. The highest BCUT2D eigenvalue weighted by molar-refractivity contribution is 6.74. The van der Waals surface area contributed by atoms with E-state index in [1.165, 1.54) is 0 Å². The summed E-state index contributed by atoms with van der Waals surface area (Å²) in [5.74, 6) is -0.0784. The fraction of sp³-hybridized carbons (Fsp3) is 0.391. The standard InChI is InChI=1S/C23H32O2Si/c1-23(2,3)26(4,5)25-22(17-16-19-12-8-6-9-13-19)21(18-24)20-14-10-7-11-15-20/h6-17,21-22,24H,18H2,1-5H3/b17-16+/t21-,22-/m1/s1. The van der Waals surface area contributed by atoms with E-state index in [1.807, 2.05) is 36.4 Å². The van der Waals surface area contributed by atoms with E-state index >= 15 is 0 Å². The molecule has 0 saturated carbocycles. The third-order valence-electron chi connectivity index (χ3n) is 5.34. The minimum atomic E-state index is -1.98. The van der Waals surface area contributed by atoms with E-state index in [1.54, 1.807) is 0 Å². The van der Waals surface area contributed by atoms with E-state index in [2.05, 4.69) is 70.3 Å². The van der Waals surface area contributed by atoms with Crippen molar-refractivity contribution in [3.05, 3.63) is 77.9 Å². The lowest BCUT2D eigenvalue weighted by atomic mass is 9.93. The third-order valence-corrected chi connectivity index (χ3v) is 9.81. The van der Waals surface area contributed by atoms with Crippen LogP contribution in [0.15, 0.2) is 66.7 Å². The molecular weight excluding hydrogens is 336 g/mol. The van der Waals surface area contributed by atoms with Gasteiger partial charge in [0.25, 0.3) is 0 Å². The number of benzene rings is 2. The van der Waals surface area contributed by atoms with Gasteiger partial charge in [-0.25, -0.2) is 0 Å². The Bertz CT molecular complexity index is 687. The lowest BCUT2D eigenvalue weighted by molar-refractivity contribution is 0.148. The molecule has 0 fully saturated rings.